The van der Waals surface area contributed by atoms with E-state index in [1.54, 1.807) is 45.0 Å². The predicted molar refractivity (Wildman–Crippen MR) is 130 cm³/mol. The summed E-state index contributed by atoms with van der Waals surface area (Å²) in [5.74, 6) is -1.06. The molecule has 14 nitrogen and oxygen atoms in total. The van der Waals surface area contributed by atoms with Crippen molar-refractivity contribution in [2.24, 2.45) is 22.1 Å². The van der Waals surface area contributed by atoms with E-state index in [0.717, 1.165) is 0 Å². The van der Waals surface area contributed by atoms with Gasteiger partial charge < -0.3 is 34.3 Å². The van der Waals surface area contributed by atoms with Crippen molar-refractivity contribution in [1.82, 2.24) is 0 Å². The standard InChI is InChI=1S/C15H19N3O4.C8H15N3O4/c1-9-13(17-18-16)10(2)22-12(14(9)19)8-21-15(20)11-6-4-3-5-7-11;1-4-6(10-11-9)8(14-2)15-5(3-12)7(4)13/h3-7,9-10,12-14,19H,8H2,1-2H3;4-8,12-13H,3H2,1-2H3/t9-,10-,12?,13?,14+;4-,5?,6?,7+,8+/m11/s1. The number of carbonyl (C=O) groups is 1. The molecule has 0 saturated carbocycles. The summed E-state index contributed by atoms with van der Waals surface area (Å²) in [5, 5.41) is 36.1. The fraction of sp³-hybridized carbons (Fsp3) is 0.696. The van der Waals surface area contributed by atoms with Gasteiger partial charge in [0, 0.05) is 16.9 Å². The Kier molecular flexibility index (Phi) is 12.1. The highest BCUT2D eigenvalue weighted by molar-refractivity contribution is 5.89. The van der Waals surface area contributed by atoms with Crippen molar-refractivity contribution in [3.05, 3.63) is 56.8 Å². The average Bonchev–Trinajstić information content (AvgIpc) is 2.91. The average molecular weight is 523 g/mol. The lowest BCUT2D eigenvalue weighted by Gasteiger charge is -2.40. The van der Waals surface area contributed by atoms with Gasteiger partial charge in [-0.1, -0.05) is 42.3 Å². The van der Waals surface area contributed by atoms with E-state index in [4.69, 9.17) is 35.1 Å². The summed E-state index contributed by atoms with van der Waals surface area (Å²) < 4.78 is 21.1. The summed E-state index contributed by atoms with van der Waals surface area (Å²) >= 11 is 0. The number of rotatable bonds is 7. The van der Waals surface area contributed by atoms with Crippen LogP contribution in [-0.2, 0) is 18.9 Å². The molecule has 3 rings (SSSR count). The molecule has 37 heavy (non-hydrogen) atoms. The number of aliphatic hydroxyl groups excluding tert-OH is 3. The van der Waals surface area contributed by atoms with Crippen LogP contribution in [0.1, 0.15) is 31.1 Å². The summed E-state index contributed by atoms with van der Waals surface area (Å²) in [5.41, 5.74) is 17.4. The van der Waals surface area contributed by atoms with Gasteiger partial charge in [-0.05, 0) is 42.0 Å². The topological polar surface area (TPSA) is 212 Å². The van der Waals surface area contributed by atoms with Crippen LogP contribution in [0.4, 0.5) is 0 Å². The summed E-state index contributed by atoms with van der Waals surface area (Å²) in [4.78, 5) is 17.4. The third-order valence-electron chi connectivity index (χ3n) is 6.55. The minimum atomic E-state index is -0.865. The monoisotopic (exact) mass is 522 g/mol. The number of methoxy groups -OCH3 is 1. The quantitative estimate of drug-likeness (QED) is 0.209. The largest absolute Gasteiger partial charge is 0.459 e. The van der Waals surface area contributed by atoms with Gasteiger partial charge in [0.15, 0.2) is 6.29 Å². The van der Waals surface area contributed by atoms with Gasteiger partial charge in [-0.25, -0.2) is 4.79 Å². The Balaban J connectivity index is 0.000000281. The number of hydrogen-bond acceptors (Lipinski definition) is 10. The number of hydrogen-bond donors (Lipinski definition) is 3. The fourth-order valence-corrected chi connectivity index (χ4v) is 4.30. The Morgan fingerprint density at radius 3 is 2.11 bits per heavy atom. The molecule has 0 amide bonds. The van der Waals surface area contributed by atoms with Crippen molar-refractivity contribution in [3.63, 3.8) is 0 Å². The number of azide groups is 2. The molecule has 204 valence electrons. The van der Waals surface area contributed by atoms with Crippen molar-refractivity contribution >= 4 is 5.97 Å². The maximum atomic E-state index is 11.9. The van der Waals surface area contributed by atoms with Crippen molar-refractivity contribution in [2.45, 2.75) is 69.7 Å². The Morgan fingerprint density at radius 2 is 1.54 bits per heavy atom. The van der Waals surface area contributed by atoms with E-state index in [2.05, 4.69) is 20.1 Å². The first-order valence-electron chi connectivity index (χ1n) is 11.8. The normalized spacial score (nSPS) is 35.1. The van der Waals surface area contributed by atoms with Crippen LogP contribution < -0.4 is 0 Å². The highest BCUT2D eigenvalue weighted by Crippen LogP contribution is 2.29. The van der Waals surface area contributed by atoms with E-state index in [0.29, 0.717) is 5.56 Å². The van der Waals surface area contributed by atoms with E-state index >= 15 is 0 Å². The zero-order valence-corrected chi connectivity index (χ0v) is 21.1. The molecule has 4 unspecified atom stereocenters. The van der Waals surface area contributed by atoms with Crippen molar-refractivity contribution < 1.29 is 39.1 Å². The predicted octanol–water partition coefficient (Wildman–Crippen LogP) is 2.33. The van der Waals surface area contributed by atoms with Gasteiger partial charge in [0.05, 0.1) is 42.6 Å². The van der Waals surface area contributed by atoms with Crippen LogP contribution >= 0.6 is 0 Å². The molecule has 0 aromatic heterocycles. The van der Waals surface area contributed by atoms with Gasteiger partial charge >= 0.3 is 5.97 Å². The van der Waals surface area contributed by atoms with Crippen molar-refractivity contribution in [2.75, 3.05) is 20.3 Å². The Morgan fingerprint density at radius 1 is 0.973 bits per heavy atom. The smallest absolute Gasteiger partial charge is 0.338 e. The Bertz CT molecular complexity index is 956. The van der Waals surface area contributed by atoms with Crippen LogP contribution in [0.3, 0.4) is 0 Å². The Labute approximate surface area is 214 Å². The molecule has 1 aromatic carbocycles. The van der Waals surface area contributed by atoms with E-state index < -0.39 is 48.8 Å². The number of carbonyl (C=O) groups excluding carboxylic acids is 1. The fourth-order valence-electron chi connectivity index (χ4n) is 4.30. The van der Waals surface area contributed by atoms with Gasteiger partial charge in [-0.2, -0.15) is 0 Å². The van der Waals surface area contributed by atoms with Crippen LogP contribution in [0.25, 0.3) is 20.9 Å². The van der Waals surface area contributed by atoms with Crippen LogP contribution in [-0.4, -0.2) is 90.5 Å². The number of aliphatic hydroxyl groups is 3. The number of nitrogens with zero attached hydrogens (tertiary/aromatic N) is 6. The second kappa shape index (κ2) is 14.7. The summed E-state index contributed by atoms with van der Waals surface area (Å²) in [6.07, 6.45) is -4.14. The lowest BCUT2D eigenvalue weighted by molar-refractivity contribution is -0.243. The molecule has 1 aromatic rings. The zero-order chi connectivity index (χ0) is 27.5. The molecule has 2 aliphatic rings. The third-order valence-corrected chi connectivity index (χ3v) is 6.55. The molecule has 2 heterocycles. The molecule has 0 radical (unpaired) electrons. The van der Waals surface area contributed by atoms with Gasteiger partial charge in [-0.15, -0.1) is 0 Å². The molecule has 2 saturated heterocycles. The van der Waals surface area contributed by atoms with Gasteiger partial charge in [0.25, 0.3) is 0 Å². The van der Waals surface area contributed by atoms with Gasteiger partial charge in [0.1, 0.15) is 18.8 Å². The second-order valence-corrected chi connectivity index (χ2v) is 8.90. The molecule has 10 atom stereocenters. The van der Waals surface area contributed by atoms with Crippen LogP contribution in [0, 0.1) is 11.8 Å². The minimum Gasteiger partial charge on any atom is -0.459 e. The van der Waals surface area contributed by atoms with Crippen LogP contribution in [0.2, 0.25) is 0 Å². The minimum absolute atomic E-state index is 0.0490. The van der Waals surface area contributed by atoms with Crippen molar-refractivity contribution in [3.8, 4) is 0 Å². The second-order valence-electron chi connectivity index (χ2n) is 8.90. The lowest BCUT2D eigenvalue weighted by atomic mass is 9.87. The molecule has 14 heteroatoms. The van der Waals surface area contributed by atoms with E-state index in [1.165, 1.54) is 7.11 Å². The SMILES string of the molecule is CO[C@H]1OC(CO)[C@@H](O)[C@H](C)C1N=[N+]=[N-].C[C@@H]1C(N=[N+]=[N-])[C@@H](C)OC(COC(=O)c2ccccc2)[C@H]1O. The van der Waals surface area contributed by atoms with E-state index in [1.807, 2.05) is 6.07 Å². The zero-order valence-electron chi connectivity index (χ0n) is 21.1. The molecular weight excluding hydrogens is 488 g/mol. The molecular formula is C23H34N6O8. The Hall–Kier alpha value is -2.93. The summed E-state index contributed by atoms with van der Waals surface area (Å²) in [6.45, 7) is 4.94. The maximum absolute atomic E-state index is 11.9. The molecule has 0 spiro atoms. The first-order chi connectivity index (χ1) is 17.7. The number of benzene rings is 1. The molecule has 2 aliphatic heterocycles. The third kappa shape index (κ3) is 7.78. The lowest BCUT2D eigenvalue weighted by Crippen LogP contribution is -2.54. The molecule has 0 bridgehead atoms. The molecule has 2 fully saturated rings. The maximum Gasteiger partial charge on any atom is 0.338 e. The summed E-state index contributed by atoms with van der Waals surface area (Å²) in [7, 11) is 1.42. The van der Waals surface area contributed by atoms with Crippen molar-refractivity contribution in [1.29, 1.82) is 0 Å². The first-order valence-corrected chi connectivity index (χ1v) is 11.8. The highest BCUT2D eigenvalue weighted by atomic mass is 16.7. The first kappa shape index (κ1) is 30.3. The van der Waals surface area contributed by atoms with E-state index in [-0.39, 0.29) is 31.2 Å². The highest BCUT2D eigenvalue weighted by Gasteiger charge is 2.43. The van der Waals surface area contributed by atoms with E-state index in [9.17, 15) is 15.0 Å². The summed E-state index contributed by atoms with van der Waals surface area (Å²) in [6, 6.07) is 7.59. The number of esters is 1. The molecule has 0 aliphatic carbocycles. The van der Waals surface area contributed by atoms with Gasteiger partial charge in [-0.3, -0.25) is 0 Å². The van der Waals surface area contributed by atoms with Crippen LogP contribution in [0.15, 0.2) is 40.6 Å². The number of ether oxygens (including phenoxy) is 4. The molecule has 3 N–H and O–H groups in total. The van der Waals surface area contributed by atoms with Crippen LogP contribution in [0.5, 0.6) is 0 Å². The van der Waals surface area contributed by atoms with Gasteiger partial charge in [0.2, 0.25) is 0 Å².